The Balaban J connectivity index is 1.33. The lowest BCUT2D eigenvalue weighted by Gasteiger charge is -2.48. The second-order valence-electron chi connectivity index (χ2n) is 11.6. The summed E-state index contributed by atoms with van der Waals surface area (Å²) in [6.07, 6.45) is 14.1. The first-order valence-electron chi connectivity index (χ1n) is 14.1. The maximum atomic E-state index is 10.1. The summed E-state index contributed by atoms with van der Waals surface area (Å²) < 4.78 is 7.36. The molecule has 2 saturated carbocycles. The summed E-state index contributed by atoms with van der Waals surface area (Å²) in [6, 6.07) is 6.76. The van der Waals surface area contributed by atoms with E-state index in [-0.39, 0.29) is 12.1 Å². The van der Waals surface area contributed by atoms with Crippen molar-refractivity contribution in [2.75, 3.05) is 37.0 Å². The van der Waals surface area contributed by atoms with Crippen LogP contribution >= 0.6 is 0 Å². The molecule has 37 heavy (non-hydrogen) atoms. The smallest absolute Gasteiger partial charge is 0.241 e. The van der Waals surface area contributed by atoms with Gasteiger partial charge in [-0.2, -0.15) is 0 Å². The van der Waals surface area contributed by atoms with E-state index >= 15 is 0 Å². The number of hydrogen-bond donors (Lipinski definition) is 2. The number of aliphatic hydroxyl groups excluding tert-OH is 1. The molecule has 1 spiro atoms. The minimum Gasteiger partial charge on any atom is -0.393 e. The highest BCUT2D eigenvalue weighted by Crippen LogP contribution is 2.49. The number of hydrogen-bond acceptors (Lipinski definition) is 7. The van der Waals surface area contributed by atoms with Gasteiger partial charge in [-0.15, -0.1) is 5.10 Å². The number of methoxy groups -OCH3 is 1. The Morgan fingerprint density at radius 1 is 1.11 bits per heavy atom. The van der Waals surface area contributed by atoms with Crippen molar-refractivity contribution in [1.82, 2.24) is 19.6 Å². The Morgan fingerprint density at radius 2 is 1.89 bits per heavy atom. The monoisotopic (exact) mass is 504 g/mol. The highest BCUT2D eigenvalue weighted by Gasteiger charge is 2.39. The van der Waals surface area contributed by atoms with Crippen molar-refractivity contribution < 1.29 is 9.84 Å². The largest absolute Gasteiger partial charge is 0.393 e. The first-order valence-corrected chi connectivity index (χ1v) is 14.1. The lowest BCUT2D eigenvalue weighted by atomic mass is 9.63. The molecule has 0 bridgehead atoms. The first-order chi connectivity index (χ1) is 18.0. The molecule has 4 heterocycles. The van der Waals surface area contributed by atoms with Gasteiger partial charge in [0.05, 0.1) is 24.4 Å². The van der Waals surface area contributed by atoms with E-state index in [2.05, 4.69) is 44.8 Å². The Hall–Kier alpha value is -2.71. The van der Waals surface area contributed by atoms with Gasteiger partial charge < -0.3 is 20.1 Å². The van der Waals surface area contributed by atoms with Crippen LogP contribution in [0.2, 0.25) is 0 Å². The van der Waals surface area contributed by atoms with Gasteiger partial charge in [0.2, 0.25) is 5.95 Å². The number of aromatic nitrogens is 4. The third kappa shape index (κ3) is 4.93. The molecule has 2 N–H and O–H groups in total. The molecule has 1 atom stereocenters. The van der Waals surface area contributed by atoms with Crippen LogP contribution in [-0.4, -0.2) is 63.6 Å². The van der Waals surface area contributed by atoms with Crippen molar-refractivity contribution in [2.45, 2.75) is 82.8 Å². The molecule has 0 radical (unpaired) electrons. The van der Waals surface area contributed by atoms with Crippen LogP contribution in [0.4, 0.5) is 11.8 Å². The number of ether oxygens (including phenoxy) is 1. The fraction of sp³-hybridized carbons (Fsp3) is 0.621. The molecule has 1 aliphatic heterocycles. The number of piperidine rings is 1. The number of nitrogens with zero attached hydrogens (tertiary/aromatic N) is 5. The van der Waals surface area contributed by atoms with Crippen molar-refractivity contribution in [3.8, 4) is 11.1 Å². The van der Waals surface area contributed by atoms with Crippen LogP contribution in [0.15, 0.2) is 30.6 Å². The number of anilines is 2. The van der Waals surface area contributed by atoms with Gasteiger partial charge in [0.25, 0.3) is 0 Å². The molecule has 3 aromatic rings. The summed E-state index contributed by atoms with van der Waals surface area (Å²) in [4.78, 5) is 11.9. The van der Waals surface area contributed by atoms with Gasteiger partial charge in [-0.05, 0) is 87.5 Å². The van der Waals surface area contributed by atoms with Crippen molar-refractivity contribution in [1.29, 1.82) is 0 Å². The Labute approximate surface area is 219 Å². The van der Waals surface area contributed by atoms with Crippen molar-refractivity contribution in [3.63, 3.8) is 0 Å². The second kappa shape index (κ2) is 10.2. The van der Waals surface area contributed by atoms with E-state index in [4.69, 9.17) is 14.8 Å². The topological polar surface area (TPSA) is 87.8 Å². The Kier molecular flexibility index (Phi) is 6.80. The fourth-order valence-electron chi connectivity index (χ4n) is 6.63. The zero-order chi connectivity index (χ0) is 25.4. The number of rotatable bonds is 7. The quantitative estimate of drug-likeness (QED) is 0.467. The van der Waals surface area contributed by atoms with Gasteiger partial charge in [-0.1, -0.05) is 6.42 Å². The third-order valence-electron chi connectivity index (χ3n) is 9.07. The summed E-state index contributed by atoms with van der Waals surface area (Å²) in [5, 5.41) is 18.4. The molecule has 0 amide bonds. The van der Waals surface area contributed by atoms with Crippen molar-refractivity contribution in [2.24, 2.45) is 5.41 Å². The van der Waals surface area contributed by atoms with E-state index in [1.54, 1.807) is 7.11 Å². The Bertz CT molecular complexity index is 1220. The van der Waals surface area contributed by atoms with E-state index in [0.29, 0.717) is 23.9 Å². The minimum atomic E-state index is -0.185. The van der Waals surface area contributed by atoms with Crippen LogP contribution in [0.25, 0.3) is 16.6 Å². The zero-order valence-corrected chi connectivity index (χ0v) is 22.2. The molecule has 0 unspecified atom stereocenters. The minimum absolute atomic E-state index is 0.108. The van der Waals surface area contributed by atoms with Gasteiger partial charge in [-0.3, -0.25) is 0 Å². The van der Waals surface area contributed by atoms with Crippen LogP contribution in [0.1, 0.15) is 76.3 Å². The molecular formula is C29H40N6O2. The third-order valence-corrected chi connectivity index (χ3v) is 9.07. The van der Waals surface area contributed by atoms with E-state index in [1.165, 1.54) is 37.8 Å². The van der Waals surface area contributed by atoms with Crippen molar-refractivity contribution in [3.05, 3.63) is 36.3 Å². The number of aliphatic hydroxyl groups is 1. The molecule has 6 rings (SSSR count). The highest BCUT2D eigenvalue weighted by molar-refractivity contribution is 5.82. The highest BCUT2D eigenvalue weighted by atomic mass is 16.5. The molecule has 1 saturated heterocycles. The SMILES string of the molecule is COC[C@H](C)Nc1ncc2c(-c3ccnc(N4CCC5(CCC5)CC4)c3)cc(C3CCC(O)CC3)n2n1. The standard InChI is InChI=1S/C29H40N6O2/c1-20(19-37-2)32-28-31-18-26-24(17-25(35(26)33-28)21-4-6-23(36)7-5-21)22-8-13-30-27(16-22)34-14-11-29(12-15-34)9-3-10-29/h8,13,16-18,20-21,23,36H,3-7,9-12,14-15,19H2,1-2H3,(H,32,33)/t20-,21?,23?/m0/s1. The lowest BCUT2D eigenvalue weighted by Crippen LogP contribution is -2.43. The van der Waals surface area contributed by atoms with Crippen LogP contribution in [0.3, 0.4) is 0 Å². The van der Waals surface area contributed by atoms with Gasteiger partial charge in [0, 0.05) is 49.6 Å². The summed E-state index contributed by atoms with van der Waals surface area (Å²) in [5.74, 6) is 2.04. The maximum Gasteiger partial charge on any atom is 0.241 e. The molecule has 3 aromatic heterocycles. The summed E-state index contributed by atoms with van der Waals surface area (Å²) in [6.45, 7) is 4.84. The average molecular weight is 505 g/mol. The molecule has 3 aliphatic rings. The van der Waals surface area contributed by atoms with Gasteiger partial charge in [0.1, 0.15) is 5.82 Å². The van der Waals surface area contributed by atoms with Crippen LogP contribution < -0.4 is 10.2 Å². The summed E-state index contributed by atoms with van der Waals surface area (Å²) >= 11 is 0. The van der Waals surface area contributed by atoms with Gasteiger partial charge in [0.15, 0.2) is 0 Å². The molecule has 0 aromatic carbocycles. The van der Waals surface area contributed by atoms with Crippen LogP contribution in [0, 0.1) is 5.41 Å². The average Bonchev–Trinajstić information content (AvgIpc) is 3.27. The normalized spacial score (nSPS) is 24.2. The molecule has 8 heteroatoms. The summed E-state index contributed by atoms with van der Waals surface area (Å²) in [5.41, 5.74) is 5.14. The van der Waals surface area contributed by atoms with Crippen LogP contribution in [-0.2, 0) is 4.74 Å². The molecule has 2 aliphatic carbocycles. The van der Waals surface area contributed by atoms with E-state index in [1.807, 2.05) is 12.4 Å². The van der Waals surface area contributed by atoms with Crippen molar-refractivity contribution >= 4 is 17.3 Å². The summed E-state index contributed by atoms with van der Waals surface area (Å²) in [7, 11) is 1.70. The second-order valence-corrected chi connectivity index (χ2v) is 11.6. The van der Waals surface area contributed by atoms with Gasteiger partial charge in [-0.25, -0.2) is 14.5 Å². The maximum absolute atomic E-state index is 10.1. The van der Waals surface area contributed by atoms with E-state index < -0.39 is 0 Å². The predicted molar refractivity (Wildman–Crippen MR) is 146 cm³/mol. The molecular weight excluding hydrogens is 464 g/mol. The van der Waals surface area contributed by atoms with E-state index in [0.717, 1.165) is 61.2 Å². The van der Waals surface area contributed by atoms with Gasteiger partial charge >= 0.3 is 0 Å². The Morgan fingerprint density at radius 3 is 2.59 bits per heavy atom. The van der Waals surface area contributed by atoms with Crippen LogP contribution in [0.5, 0.6) is 0 Å². The van der Waals surface area contributed by atoms with E-state index in [9.17, 15) is 5.11 Å². The lowest BCUT2D eigenvalue weighted by molar-refractivity contribution is 0.0953. The molecule has 3 fully saturated rings. The fourth-order valence-corrected chi connectivity index (χ4v) is 6.63. The number of fused-ring (bicyclic) bond motifs is 1. The number of nitrogens with one attached hydrogen (secondary N) is 1. The number of pyridine rings is 1. The predicted octanol–water partition coefficient (Wildman–Crippen LogP) is 5.03. The molecule has 8 nitrogen and oxygen atoms in total. The first kappa shape index (κ1) is 24.6. The zero-order valence-electron chi connectivity index (χ0n) is 22.2. The molecule has 198 valence electrons.